The minimum absolute atomic E-state index is 0.112. The molecule has 1 aromatic rings. The Morgan fingerprint density at radius 3 is 3.00 bits per heavy atom. The summed E-state index contributed by atoms with van der Waals surface area (Å²) in [5.41, 5.74) is 7.38. The third-order valence-corrected chi connectivity index (χ3v) is 2.36. The Bertz CT molecular complexity index is 360. The molecule has 0 aliphatic heterocycles. The SMILES string of the molecule is COc1cccc2c1C(N)CC2=O. The van der Waals surface area contributed by atoms with Crippen molar-refractivity contribution < 1.29 is 9.53 Å². The summed E-state index contributed by atoms with van der Waals surface area (Å²) in [6.07, 6.45) is 0.399. The number of Topliss-reactive ketones (excluding diaryl/α,β-unsaturated/α-hetero) is 1. The molecule has 1 aromatic carbocycles. The summed E-state index contributed by atoms with van der Waals surface area (Å²) in [6.45, 7) is 0. The fourth-order valence-electron chi connectivity index (χ4n) is 1.76. The molecule has 0 fully saturated rings. The maximum absolute atomic E-state index is 11.4. The summed E-state index contributed by atoms with van der Waals surface area (Å²) in [5, 5.41) is 0. The van der Waals surface area contributed by atoms with Crippen LogP contribution in [0.15, 0.2) is 18.2 Å². The fraction of sp³-hybridized carbons (Fsp3) is 0.300. The number of hydrogen-bond acceptors (Lipinski definition) is 3. The van der Waals surface area contributed by atoms with Crippen LogP contribution in [0, 0.1) is 0 Å². The molecule has 68 valence electrons. The smallest absolute Gasteiger partial charge is 0.165 e. The molecule has 0 saturated heterocycles. The highest BCUT2D eigenvalue weighted by atomic mass is 16.5. The first kappa shape index (κ1) is 8.26. The third-order valence-electron chi connectivity index (χ3n) is 2.36. The van der Waals surface area contributed by atoms with E-state index in [1.165, 1.54) is 0 Å². The number of carbonyl (C=O) groups is 1. The Morgan fingerprint density at radius 2 is 2.31 bits per heavy atom. The van der Waals surface area contributed by atoms with Crippen molar-refractivity contribution in [3.63, 3.8) is 0 Å². The highest BCUT2D eigenvalue weighted by Gasteiger charge is 2.29. The summed E-state index contributed by atoms with van der Waals surface area (Å²) in [6, 6.07) is 5.25. The van der Waals surface area contributed by atoms with Crippen LogP contribution >= 0.6 is 0 Å². The topological polar surface area (TPSA) is 52.3 Å². The Kier molecular flexibility index (Phi) is 1.81. The number of methoxy groups -OCH3 is 1. The van der Waals surface area contributed by atoms with Crippen molar-refractivity contribution in [3.05, 3.63) is 29.3 Å². The maximum atomic E-state index is 11.4. The van der Waals surface area contributed by atoms with Gasteiger partial charge in [0.1, 0.15) is 5.75 Å². The lowest BCUT2D eigenvalue weighted by molar-refractivity contribution is 0.0989. The monoisotopic (exact) mass is 177 g/mol. The molecule has 0 aromatic heterocycles. The van der Waals surface area contributed by atoms with Gasteiger partial charge < -0.3 is 10.5 Å². The van der Waals surface area contributed by atoms with E-state index in [1.54, 1.807) is 13.2 Å². The second kappa shape index (κ2) is 2.85. The molecule has 0 amide bonds. The van der Waals surface area contributed by atoms with Crippen LogP contribution in [0.1, 0.15) is 28.4 Å². The average Bonchev–Trinajstić information content (AvgIpc) is 2.43. The summed E-state index contributed by atoms with van der Waals surface area (Å²) in [4.78, 5) is 11.4. The Balaban J connectivity index is 2.62. The number of ether oxygens (including phenoxy) is 1. The van der Waals surface area contributed by atoms with Crippen LogP contribution in [0.2, 0.25) is 0 Å². The lowest BCUT2D eigenvalue weighted by Gasteiger charge is -2.09. The van der Waals surface area contributed by atoms with Gasteiger partial charge in [0.15, 0.2) is 5.78 Å². The summed E-state index contributed by atoms with van der Waals surface area (Å²) >= 11 is 0. The van der Waals surface area contributed by atoms with E-state index in [2.05, 4.69) is 0 Å². The molecule has 2 rings (SSSR count). The van der Waals surface area contributed by atoms with Gasteiger partial charge in [0.25, 0.3) is 0 Å². The van der Waals surface area contributed by atoms with Crippen LogP contribution in [-0.2, 0) is 0 Å². The zero-order valence-corrected chi connectivity index (χ0v) is 7.41. The zero-order valence-electron chi connectivity index (χ0n) is 7.41. The number of fused-ring (bicyclic) bond motifs is 1. The zero-order chi connectivity index (χ0) is 9.42. The second-order valence-corrected chi connectivity index (χ2v) is 3.16. The lowest BCUT2D eigenvalue weighted by atomic mass is 10.1. The number of rotatable bonds is 1. The molecule has 0 heterocycles. The second-order valence-electron chi connectivity index (χ2n) is 3.16. The molecule has 1 unspecified atom stereocenters. The van der Waals surface area contributed by atoms with Gasteiger partial charge in [0.2, 0.25) is 0 Å². The maximum Gasteiger partial charge on any atom is 0.165 e. The van der Waals surface area contributed by atoms with Crippen LogP contribution in [0.4, 0.5) is 0 Å². The molecular formula is C10H11NO2. The van der Waals surface area contributed by atoms with Crippen molar-refractivity contribution in [3.8, 4) is 5.75 Å². The predicted octanol–water partition coefficient (Wildman–Crippen LogP) is 1.28. The van der Waals surface area contributed by atoms with Gasteiger partial charge in [-0.1, -0.05) is 12.1 Å². The molecule has 1 atom stereocenters. The summed E-state index contributed by atoms with van der Waals surface area (Å²) in [5.74, 6) is 0.831. The van der Waals surface area contributed by atoms with Crippen molar-refractivity contribution >= 4 is 5.78 Å². The van der Waals surface area contributed by atoms with E-state index in [4.69, 9.17) is 10.5 Å². The van der Waals surface area contributed by atoms with E-state index in [1.807, 2.05) is 12.1 Å². The number of hydrogen-bond donors (Lipinski definition) is 1. The van der Waals surface area contributed by atoms with E-state index >= 15 is 0 Å². The van der Waals surface area contributed by atoms with Gasteiger partial charge in [-0.25, -0.2) is 0 Å². The molecular weight excluding hydrogens is 166 g/mol. The molecule has 0 bridgehead atoms. The molecule has 3 heteroatoms. The van der Waals surface area contributed by atoms with Gasteiger partial charge in [-0.15, -0.1) is 0 Å². The standard InChI is InChI=1S/C10H11NO2/c1-13-9-4-2-3-6-8(12)5-7(11)10(6)9/h2-4,7H,5,11H2,1H3. The minimum Gasteiger partial charge on any atom is -0.496 e. The first-order valence-electron chi connectivity index (χ1n) is 4.19. The van der Waals surface area contributed by atoms with E-state index in [-0.39, 0.29) is 11.8 Å². The van der Waals surface area contributed by atoms with Crippen molar-refractivity contribution in [1.29, 1.82) is 0 Å². The molecule has 0 radical (unpaired) electrons. The van der Waals surface area contributed by atoms with Crippen molar-refractivity contribution in [1.82, 2.24) is 0 Å². The molecule has 2 N–H and O–H groups in total. The van der Waals surface area contributed by atoms with Gasteiger partial charge >= 0.3 is 0 Å². The molecule has 3 nitrogen and oxygen atoms in total. The first-order chi connectivity index (χ1) is 6.24. The number of nitrogens with two attached hydrogens (primary N) is 1. The van der Waals surface area contributed by atoms with Gasteiger partial charge in [0, 0.05) is 23.6 Å². The van der Waals surface area contributed by atoms with Crippen molar-refractivity contribution in [2.24, 2.45) is 5.73 Å². The number of carbonyl (C=O) groups excluding carboxylic acids is 1. The first-order valence-corrected chi connectivity index (χ1v) is 4.19. The largest absolute Gasteiger partial charge is 0.496 e. The molecule has 0 saturated carbocycles. The fourth-order valence-corrected chi connectivity index (χ4v) is 1.76. The molecule has 1 aliphatic carbocycles. The van der Waals surface area contributed by atoms with Gasteiger partial charge in [-0.2, -0.15) is 0 Å². The van der Waals surface area contributed by atoms with Gasteiger partial charge in [0.05, 0.1) is 7.11 Å². The number of benzene rings is 1. The Labute approximate surface area is 76.5 Å². The quantitative estimate of drug-likeness (QED) is 0.703. The molecule has 13 heavy (non-hydrogen) atoms. The Morgan fingerprint density at radius 1 is 1.54 bits per heavy atom. The van der Waals surface area contributed by atoms with E-state index < -0.39 is 0 Å². The van der Waals surface area contributed by atoms with Gasteiger partial charge in [-0.05, 0) is 6.07 Å². The van der Waals surface area contributed by atoms with Crippen LogP contribution in [0.5, 0.6) is 5.75 Å². The third kappa shape index (κ3) is 1.12. The number of ketones is 1. The van der Waals surface area contributed by atoms with Crippen molar-refractivity contribution in [2.75, 3.05) is 7.11 Å². The highest BCUT2D eigenvalue weighted by molar-refractivity contribution is 6.01. The van der Waals surface area contributed by atoms with Crippen LogP contribution in [-0.4, -0.2) is 12.9 Å². The summed E-state index contributed by atoms with van der Waals surface area (Å²) in [7, 11) is 1.59. The average molecular weight is 177 g/mol. The minimum atomic E-state index is -0.196. The summed E-state index contributed by atoms with van der Waals surface area (Å²) < 4.78 is 5.14. The molecule has 1 aliphatic rings. The van der Waals surface area contributed by atoms with E-state index in [9.17, 15) is 4.79 Å². The van der Waals surface area contributed by atoms with E-state index in [0.29, 0.717) is 12.0 Å². The normalized spacial score (nSPS) is 20.2. The van der Waals surface area contributed by atoms with Crippen LogP contribution in [0.25, 0.3) is 0 Å². The lowest BCUT2D eigenvalue weighted by Crippen LogP contribution is -2.07. The van der Waals surface area contributed by atoms with Crippen molar-refractivity contribution in [2.45, 2.75) is 12.5 Å². The Hall–Kier alpha value is -1.35. The van der Waals surface area contributed by atoms with Gasteiger partial charge in [-0.3, -0.25) is 4.79 Å². The van der Waals surface area contributed by atoms with Crippen LogP contribution in [0.3, 0.4) is 0 Å². The predicted molar refractivity (Wildman–Crippen MR) is 48.9 cm³/mol. The van der Waals surface area contributed by atoms with E-state index in [0.717, 1.165) is 11.3 Å². The highest BCUT2D eigenvalue weighted by Crippen LogP contribution is 2.35. The molecule has 0 spiro atoms. The van der Waals surface area contributed by atoms with Crippen LogP contribution < -0.4 is 10.5 Å².